The second-order valence-corrected chi connectivity index (χ2v) is 5.37. The monoisotopic (exact) mass is 258 g/mol. The van der Waals surface area contributed by atoms with Gasteiger partial charge in [0, 0.05) is 5.39 Å². The summed E-state index contributed by atoms with van der Waals surface area (Å²) in [5, 5.41) is 1.94. The third kappa shape index (κ3) is 2.87. The lowest BCUT2D eigenvalue weighted by atomic mass is 10.0. The van der Waals surface area contributed by atoms with E-state index < -0.39 is 5.60 Å². The molecule has 2 aromatic carbocycles. The Balaban J connectivity index is 2.52. The number of esters is 1. The lowest BCUT2D eigenvalue weighted by molar-refractivity contribution is 0.00668. The fraction of sp³-hybridized carbons (Fsp3) is 0.312. The van der Waals surface area contributed by atoms with Crippen LogP contribution in [0.5, 0.6) is 5.75 Å². The molecule has 3 heteroatoms. The highest BCUT2D eigenvalue weighted by Gasteiger charge is 2.21. The largest absolute Gasteiger partial charge is 0.495 e. The molecule has 0 unspecified atom stereocenters. The first-order chi connectivity index (χ1) is 8.92. The van der Waals surface area contributed by atoms with Crippen LogP contribution in [0.15, 0.2) is 36.4 Å². The fourth-order valence-corrected chi connectivity index (χ4v) is 1.96. The number of rotatable bonds is 2. The van der Waals surface area contributed by atoms with Crippen molar-refractivity contribution in [2.45, 2.75) is 26.4 Å². The van der Waals surface area contributed by atoms with Crippen LogP contribution >= 0.6 is 0 Å². The van der Waals surface area contributed by atoms with Gasteiger partial charge in [-0.1, -0.05) is 30.3 Å². The zero-order valence-electron chi connectivity index (χ0n) is 11.7. The van der Waals surface area contributed by atoms with Gasteiger partial charge in [0.25, 0.3) is 0 Å². The van der Waals surface area contributed by atoms with Gasteiger partial charge in [-0.15, -0.1) is 0 Å². The van der Waals surface area contributed by atoms with E-state index >= 15 is 0 Å². The molecule has 0 saturated carbocycles. The molecular weight excluding hydrogens is 240 g/mol. The minimum atomic E-state index is -0.520. The number of carbonyl (C=O) groups is 1. The lowest BCUT2D eigenvalue weighted by Gasteiger charge is -2.20. The topological polar surface area (TPSA) is 35.5 Å². The van der Waals surface area contributed by atoms with Crippen molar-refractivity contribution in [3.8, 4) is 5.75 Å². The number of hydrogen-bond acceptors (Lipinski definition) is 3. The van der Waals surface area contributed by atoms with Gasteiger partial charge in [0.05, 0.1) is 7.11 Å². The Morgan fingerprint density at radius 3 is 2.37 bits per heavy atom. The first kappa shape index (κ1) is 13.4. The molecule has 2 aromatic rings. The zero-order valence-corrected chi connectivity index (χ0v) is 11.7. The SMILES string of the molecule is COc1c(C(=O)OC(C)(C)C)ccc2ccccc12. The third-order valence-electron chi connectivity index (χ3n) is 2.70. The minimum Gasteiger partial charge on any atom is -0.495 e. The molecule has 100 valence electrons. The quantitative estimate of drug-likeness (QED) is 0.768. The second-order valence-electron chi connectivity index (χ2n) is 5.37. The minimum absolute atomic E-state index is 0.366. The van der Waals surface area contributed by atoms with Crippen LogP contribution in [-0.2, 0) is 4.74 Å². The van der Waals surface area contributed by atoms with Crippen LogP contribution in [0.3, 0.4) is 0 Å². The van der Waals surface area contributed by atoms with Gasteiger partial charge in [-0.05, 0) is 32.2 Å². The molecular formula is C16H18O3. The van der Waals surface area contributed by atoms with E-state index in [9.17, 15) is 4.79 Å². The van der Waals surface area contributed by atoms with Crippen molar-refractivity contribution in [1.29, 1.82) is 0 Å². The summed E-state index contributed by atoms with van der Waals surface area (Å²) in [5.41, 5.74) is -0.0654. The molecule has 0 aliphatic rings. The van der Waals surface area contributed by atoms with Crippen molar-refractivity contribution < 1.29 is 14.3 Å². The first-order valence-corrected chi connectivity index (χ1v) is 6.21. The van der Waals surface area contributed by atoms with E-state index in [-0.39, 0.29) is 5.97 Å². The third-order valence-corrected chi connectivity index (χ3v) is 2.70. The predicted molar refractivity (Wildman–Crippen MR) is 75.7 cm³/mol. The summed E-state index contributed by atoms with van der Waals surface area (Å²) in [6.07, 6.45) is 0. The van der Waals surface area contributed by atoms with E-state index in [4.69, 9.17) is 9.47 Å². The average molecular weight is 258 g/mol. The van der Waals surface area contributed by atoms with Crippen LogP contribution in [0, 0.1) is 0 Å². The molecule has 0 fully saturated rings. The molecule has 0 bridgehead atoms. The molecule has 0 N–H and O–H groups in total. The van der Waals surface area contributed by atoms with E-state index in [0.29, 0.717) is 11.3 Å². The van der Waals surface area contributed by atoms with Crippen molar-refractivity contribution in [3.05, 3.63) is 42.0 Å². The summed E-state index contributed by atoms with van der Waals surface area (Å²) in [4.78, 5) is 12.2. The Morgan fingerprint density at radius 1 is 1.05 bits per heavy atom. The highest BCUT2D eigenvalue weighted by atomic mass is 16.6. The fourth-order valence-electron chi connectivity index (χ4n) is 1.96. The number of fused-ring (bicyclic) bond motifs is 1. The van der Waals surface area contributed by atoms with Gasteiger partial charge in [0.15, 0.2) is 0 Å². The van der Waals surface area contributed by atoms with Gasteiger partial charge in [-0.25, -0.2) is 4.79 Å². The maximum Gasteiger partial charge on any atom is 0.342 e. The van der Waals surface area contributed by atoms with Crippen LogP contribution in [0.2, 0.25) is 0 Å². The highest BCUT2D eigenvalue weighted by molar-refractivity contribution is 6.01. The van der Waals surface area contributed by atoms with Crippen LogP contribution in [-0.4, -0.2) is 18.7 Å². The van der Waals surface area contributed by atoms with Gasteiger partial charge in [0.1, 0.15) is 16.9 Å². The van der Waals surface area contributed by atoms with E-state index in [1.165, 1.54) is 0 Å². The van der Waals surface area contributed by atoms with Crippen molar-refractivity contribution in [1.82, 2.24) is 0 Å². The second kappa shape index (κ2) is 4.92. The number of methoxy groups -OCH3 is 1. The number of hydrogen-bond donors (Lipinski definition) is 0. The van der Waals surface area contributed by atoms with E-state index in [1.807, 2.05) is 51.1 Å². The Hall–Kier alpha value is -2.03. The molecule has 0 spiro atoms. The summed E-state index contributed by atoms with van der Waals surface area (Å²) in [6, 6.07) is 11.4. The molecule has 2 rings (SSSR count). The number of carbonyl (C=O) groups excluding carboxylic acids is 1. The Morgan fingerprint density at radius 2 is 1.74 bits per heavy atom. The summed E-state index contributed by atoms with van der Waals surface area (Å²) >= 11 is 0. The molecule has 0 heterocycles. The maximum atomic E-state index is 12.2. The molecule has 0 radical (unpaired) electrons. The van der Waals surface area contributed by atoms with E-state index in [2.05, 4.69) is 0 Å². The van der Waals surface area contributed by atoms with E-state index in [0.717, 1.165) is 10.8 Å². The normalized spacial score (nSPS) is 11.4. The maximum absolute atomic E-state index is 12.2. The standard InChI is InChI=1S/C16H18O3/c1-16(2,3)19-15(17)13-10-9-11-7-5-6-8-12(11)14(13)18-4/h5-10H,1-4H3. The van der Waals surface area contributed by atoms with Gasteiger partial charge >= 0.3 is 5.97 Å². The van der Waals surface area contributed by atoms with Gasteiger partial charge < -0.3 is 9.47 Å². The van der Waals surface area contributed by atoms with E-state index in [1.54, 1.807) is 13.2 Å². The van der Waals surface area contributed by atoms with Gasteiger partial charge in [0.2, 0.25) is 0 Å². The summed E-state index contributed by atoms with van der Waals surface area (Å²) in [6.45, 7) is 5.54. The smallest absolute Gasteiger partial charge is 0.342 e. The Kier molecular flexibility index (Phi) is 3.47. The van der Waals surface area contributed by atoms with Crippen LogP contribution in [0.1, 0.15) is 31.1 Å². The van der Waals surface area contributed by atoms with Crippen LogP contribution in [0.4, 0.5) is 0 Å². The Bertz CT molecular complexity index is 609. The molecule has 0 amide bonds. The summed E-state index contributed by atoms with van der Waals surface area (Å²) in [7, 11) is 1.57. The van der Waals surface area contributed by atoms with Crippen molar-refractivity contribution >= 4 is 16.7 Å². The first-order valence-electron chi connectivity index (χ1n) is 6.21. The molecule has 0 saturated heterocycles. The average Bonchev–Trinajstić information content (AvgIpc) is 2.35. The van der Waals surface area contributed by atoms with Crippen LogP contribution in [0.25, 0.3) is 10.8 Å². The number of benzene rings is 2. The molecule has 0 aliphatic carbocycles. The zero-order chi connectivity index (χ0) is 14.0. The Labute approximate surface area is 113 Å². The molecule has 0 aromatic heterocycles. The summed E-state index contributed by atoms with van der Waals surface area (Å²) < 4.78 is 10.8. The summed E-state index contributed by atoms with van der Waals surface area (Å²) in [5.74, 6) is 0.197. The highest BCUT2D eigenvalue weighted by Crippen LogP contribution is 2.30. The van der Waals surface area contributed by atoms with Crippen molar-refractivity contribution in [3.63, 3.8) is 0 Å². The molecule has 0 atom stereocenters. The van der Waals surface area contributed by atoms with Crippen LogP contribution < -0.4 is 4.74 Å². The van der Waals surface area contributed by atoms with Crippen molar-refractivity contribution in [2.24, 2.45) is 0 Å². The van der Waals surface area contributed by atoms with Crippen molar-refractivity contribution in [2.75, 3.05) is 7.11 Å². The molecule has 0 aliphatic heterocycles. The predicted octanol–water partition coefficient (Wildman–Crippen LogP) is 3.80. The van der Waals surface area contributed by atoms with Gasteiger partial charge in [-0.3, -0.25) is 0 Å². The molecule has 3 nitrogen and oxygen atoms in total. The molecule has 19 heavy (non-hydrogen) atoms. The number of ether oxygens (including phenoxy) is 2. The van der Waals surface area contributed by atoms with Gasteiger partial charge in [-0.2, -0.15) is 0 Å². The lowest BCUT2D eigenvalue weighted by Crippen LogP contribution is -2.24.